The van der Waals surface area contributed by atoms with Crippen LogP contribution in [0, 0.1) is 5.92 Å². The Bertz CT molecular complexity index is 822. The van der Waals surface area contributed by atoms with Crippen LogP contribution in [0.15, 0.2) is 35.5 Å². The van der Waals surface area contributed by atoms with Gasteiger partial charge >= 0.3 is 0 Å². The van der Waals surface area contributed by atoms with E-state index in [1.54, 1.807) is 0 Å². The highest BCUT2D eigenvalue weighted by Gasteiger charge is 2.24. The van der Waals surface area contributed by atoms with Crippen molar-refractivity contribution in [1.82, 2.24) is 20.1 Å². The molecule has 0 unspecified atom stereocenters. The summed E-state index contributed by atoms with van der Waals surface area (Å²) in [4.78, 5) is 14.8. The fourth-order valence-corrected chi connectivity index (χ4v) is 4.94. The Kier molecular flexibility index (Phi) is 7.28. The Balaban J connectivity index is 1.45. The van der Waals surface area contributed by atoms with Gasteiger partial charge in [-0.2, -0.15) is 0 Å². The van der Waals surface area contributed by atoms with Crippen LogP contribution in [0.2, 0.25) is 0 Å². The molecule has 1 aliphatic heterocycles. The second-order valence-electron chi connectivity index (χ2n) is 8.18. The first-order valence-corrected chi connectivity index (χ1v) is 11.9. The van der Waals surface area contributed by atoms with Crippen molar-refractivity contribution in [1.29, 1.82) is 0 Å². The SMILES string of the molecule is C[C@H]1CCCC[C@H]1NC(=O)CSc1nnc(N2CCOCC2)n1Cc1ccccc1. The zero-order valence-electron chi connectivity index (χ0n) is 17.6. The maximum absolute atomic E-state index is 12.6. The maximum Gasteiger partial charge on any atom is 0.230 e. The van der Waals surface area contributed by atoms with Crippen LogP contribution >= 0.6 is 11.8 Å². The number of amides is 1. The highest BCUT2D eigenvalue weighted by molar-refractivity contribution is 7.99. The van der Waals surface area contributed by atoms with E-state index in [0.717, 1.165) is 30.6 Å². The van der Waals surface area contributed by atoms with Crippen molar-refractivity contribution < 1.29 is 9.53 Å². The number of anilines is 1. The standard InChI is InChI=1S/C22H31N5O2S/c1-17-7-5-6-10-19(17)23-20(28)16-30-22-25-24-21(26-11-13-29-14-12-26)27(22)15-18-8-3-2-4-9-18/h2-4,8-9,17,19H,5-7,10-16H2,1H3,(H,23,28)/t17-,19+/m0/s1. The van der Waals surface area contributed by atoms with Crippen LogP contribution in [-0.4, -0.2) is 58.8 Å². The molecule has 1 saturated heterocycles. The van der Waals surface area contributed by atoms with E-state index >= 15 is 0 Å². The average molecular weight is 430 g/mol. The van der Waals surface area contributed by atoms with E-state index in [0.29, 0.717) is 37.5 Å². The van der Waals surface area contributed by atoms with E-state index in [1.165, 1.54) is 36.6 Å². The van der Waals surface area contributed by atoms with Gasteiger partial charge in [-0.05, 0) is 24.3 Å². The van der Waals surface area contributed by atoms with Gasteiger partial charge < -0.3 is 15.0 Å². The molecule has 1 saturated carbocycles. The Morgan fingerprint density at radius 1 is 1.17 bits per heavy atom. The number of ether oxygens (including phenoxy) is 1. The van der Waals surface area contributed by atoms with Gasteiger partial charge in [-0.15, -0.1) is 10.2 Å². The molecule has 2 aromatic rings. The third-order valence-electron chi connectivity index (χ3n) is 5.96. The first-order chi connectivity index (χ1) is 14.7. The van der Waals surface area contributed by atoms with Crippen molar-refractivity contribution in [2.24, 2.45) is 5.92 Å². The van der Waals surface area contributed by atoms with Gasteiger partial charge in [-0.25, -0.2) is 0 Å². The number of thioether (sulfide) groups is 1. The molecule has 30 heavy (non-hydrogen) atoms. The van der Waals surface area contributed by atoms with Crippen molar-refractivity contribution in [2.45, 2.75) is 50.4 Å². The van der Waals surface area contributed by atoms with E-state index in [-0.39, 0.29) is 5.91 Å². The van der Waals surface area contributed by atoms with Crippen LogP contribution in [0.3, 0.4) is 0 Å². The van der Waals surface area contributed by atoms with Crippen molar-refractivity contribution in [3.8, 4) is 0 Å². The van der Waals surface area contributed by atoms with Crippen LogP contribution < -0.4 is 10.2 Å². The lowest BCUT2D eigenvalue weighted by atomic mass is 9.86. The topological polar surface area (TPSA) is 72.3 Å². The molecule has 1 aromatic heterocycles. The van der Waals surface area contributed by atoms with E-state index in [4.69, 9.17) is 4.74 Å². The Hall–Kier alpha value is -2.06. The largest absolute Gasteiger partial charge is 0.378 e. The van der Waals surface area contributed by atoms with Gasteiger partial charge in [-0.3, -0.25) is 9.36 Å². The van der Waals surface area contributed by atoms with Gasteiger partial charge in [0.25, 0.3) is 0 Å². The number of morpholine rings is 1. The smallest absolute Gasteiger partial charge is 0.230 e. The van der Waals surface area contributed by atoms with Crippen molar-refractivity contribution in [3.05, 3.63) is 35.9 Å². The van der Waals surface area contributed by atoms with Crippen LogP contribution in [0.1, 0.15) is 38.2 Å². The molecule has 1 aliphatic carbocycles. The molecule has 2 heterocycles. The predicted molar refractivity (Wildman–Crippen MR) is 119 cm³/mol. The fourth-order valence-electron chi connectivity index (χ4n) is 4.20. The van der Waals surface area contributed by atoms with Gasteiger partial charge in [0.1, 0.15) is 0 Å². The molecular weight excluding hydrogens is 398 g/mol. The summed E-state index contributed by atoms with van der Waals surface area (Å²) in [7, 11) is 0. The van der Waals surface area contributed by atoms with Crippen molar-refractivity contribution in [2.75, 3.05) is 37.0 Å². The number of carbonyl (C=O) groups is 1. The van der Waals surface area contributed by atoms with Crippen LogP contribution in [-0.2, 0) is 16.1 Å². The predicted octanol–water partition coefficient (Wildman–Crippen LogP) is 2.95. The minimum absolute atomic E-state index is 0.0842. The summed E-state index contributed by atoms with van der Waals surface area (Å²) in [5.74, 6) is 1.86. The van der Waals surface area contributed by atoms with Gasteiger partial charge in [0.05, 0.1) is 25.5 Å². The zero-order chi connectivity index (χ0) is 20.8. The molecule has 2 atom stereocenters. The number of aromatic nitrogens is 3. The first kappa shape index (κ1) is 21.2. The molecule has 1 amide bonds. The van der Waals surface area contributed by atoms with Crippen molar-refractivity contribution >= 4 is 23.6 Å². The first-order valence-electron chi connectivity index (χ1n) is 10.9. The third-order valence-corrected chi connectivity index (χ3v) is 6.93. The number of nitrogens with zero attached hydrogens (tertiary/aromatic N) is 4. The van der Waals surface area contributed by atoms with E-state index in [9.17, 15) is 4.79 Å². The average Bonchev–Trinajstić information content (AvgIpc) is 3.17. The Morgan fingerprint density at radius 2 is 1.93 bits per heavy atom. The lowest BCUT2D eigenvalue weighted by Gasteiger charge is -2.29. The lowest BCUT2D eigenvalue weighted by Crippen LogP contribution is -2.41. The summed E-state index contributed by atoms with van der Waals surface area (Å²) < 4.78 is 7.62. The monoisotopic (exact) mass is 429 g/mol. The fraction of sp³-hybridized carbons (Fsp3) is 0.591. The molecule has 1 aromatic carbocycles. The third kappa shape index (κ3) is 5.35. The number of hydrogen-bond donors (Lipinski definition) is 1. The number of hydrogen-bond acceptors (Lipinski definition) is 6. The summed E-state index contributed by atoms with van der Waals surface area (Å²) in [5, 5.41) is 12.9. The normalized spacial score (nSPS) is 22.1. The number of nitrogens with one attached hydrogen (secondary N) is 1. The molecule has 162 valence electrons. The highest BCUT2D eigenvalue weighted by atomic mass is 32.2. The quantitative estimate of drug-likeness (QED) is 0.683. The molecule has 4 rings (SSSR count). The molecule has 0 bridgehead atoms. The number of rotatable bonds is 7. The molecule has 0 radical (unpaired) electrons. The maximum atomic E-state index is 12.6. The van der Waals surface area contributed by atoms with E-state index in [2.05, 4.69) is 44.0 Å². The zero-order valence-corrected chi connectivity index (χ0v) is 18.4. The lowest BCUT2D eigenvalue weighted by molar-refractivity contribution is -0.119. The van der Waals surface area contributed by atoms with Gasteiger partial charge in [-0.1, -0.05) is 61.9 Å². The van der Waals surface area contributed by atoms with E-state index < -0.39 is 0 Å². The molecule has 1 N–H and O–H groups in total. The summed E-state index contributed by atoms with van der Waals surface area (Å²) >= 11 is 1.47. The second kappa shape index (κ2) is 10.3. The minimum atomic E-state index is 0.0842. The summed E-state index contributed by atoms with van der Waals surface area (Å²) in [6.45, 7) is 5.92. The van der Waals surface area contributed by atoms with E-state index in [1.807, 2.05) is 18.2 Å². The molecule has 2 aliphatic rings. The van der Waals surface area contributed by atoms with Gasteiger partial charge in [0, 0.05) is 19.1 Å². The van der Waals surface area contributed by atoms with Crippen LogP contribution in [0.5, 0.6) is 0 Å². The minimum Gasteiger partial charge on any atom is -0.378 e. The molecule has 7 nitrogen and oxygen atoms in total. The Labute approximate surface area is 182 Å². The van der Waals surface area contributed by atoms with Crippen molar-refractivity contribution in [3.63, 3.8) is 0 Å². The highest BCUT2D eigenvalue weighted by Crippen LogP contribution is 2.26. The summed E-state index contributed by atoms with van der Waals surface area (Å²) in [6, 6.07) is 10.6. The van der Waals surface area contributed by atoms with Crippen LogP contribution in [0.4, 0.5) is 5.95 Å². The van der Waals surface area contributed by atoms with Gasteiger partial charge in [0.15, 0.2) is 5.16 Å². The Morgan fingerprint density at radius 3 is 2.70 bits per heavy atom. The molecular formula is C22H31N5O2S. The summed E-state index contributed by atoms with van der Waals surface area (Å²) in [6.07, 6.45) is 4.77. The van der Waals surface area contributed by atoms with Crippen LogP contribution in [0.25, 0.3) is 0 Å². The second-order valence-corrected chi connectivity index (χ2v) is 9.12. The summed E-state index contributed by atoms with van der Waals surface area (Å²) in [5.41, 5.74) is 1.19. The molecule has 8 heteroatoms. The van der Waals surface area contributed by atoms with Gasteiger partial charge in [0.2, 0.25) is 11.9 Å². The molecule has 2 fully saturated rings. The number of carbonyl (C=O) groups excluding carboxylic acids is 1. The number of benzene rings is 1. The molecule has 0 spiro atoms.